The van der Waals surface area contributed by atoms with Gasteiger partial charge in [-0.1, -0.05) is 13.8 Å². The minimum absolute atomic E-state index is 0.345. The lowest BCUT2D eigenvalue weighted by atomic mass is 9.68. The molecule has 0 aromatic carbocycles. The number of carboxylic acids is 1. The first-order valence-electron chi connectivity index (χ1n) is 8.96. The second-order valence-electron chi connectivity index (χ2n) is 8.33. The van der Waals surface area contributed by atoms with E-state index in [1.54, 1.807) is 20.8 Å². The van der Waals surface area contributed by atoms with E-state index in [4.69, 9.17) is 4.74 Å². The first kappa shape index (κ1) is 20.7. The van der Waals surface area contributed by atoms with Gasteiger partial charge in [0.2, 0.25) is 0 Å². The predicted molar refractivity (Wildman–Crippen MR) is 94.0 cm³/mol. The maximum Gasteiger partial charge on any atom is 0.408 e. The van der Waals surface area contributed by atoms with Gasteiger partial charge in [-0.25, -0.2) is 9.59 Å². The molecule has 24 heavy (non-hydrogen) atoms. The van der Waals surface area contributed by atoms with E-state index in [0.717, 1.165) is 19.3 Å². The molecule has 1 amide bonds. The van der Waals surface area contributed by atoms with E-state index in [1.165, 1.54) is 0 Å². The molecule has 1 aliphatic rings. The summed E-state index contributed by atoms with van der Waals surface area (Å²) in [6.07, 6.45) is 3.00. The first-order chi connectivity index (χ1) is 11.0. The molecule has 6 heteroatoms. The van der Waals surface area contributed by atoms with E-state index >= 15 is 0 Å². The number of rotatable bonds is 8. The maximum atomic E-state index is 11.8. The molecule has 1 saturated carbocycles. The van der Waals surface area contributed by atoms with Crippen LogP contribution >= 0.6 is 0 Å². The number of nitrogens with one attached hydrogen (secondary N) is 2. The van der Waals surface area contributed by atoms with Gasteiger partial charge in [0.1, 0.15) is 11.6 Å². The third-order valence-electron chi connectivity index (χ3n) is 4.38. The van der Waals surface area contributed by atoms with Crippen LogP contribution in [0.2, 0.25) is 0 Å². The van der Waals surface area contributed by atoms with Gasteiger partial charge in [0.25, 0.3) is 0 Å². The van der Waals surface area contributed by atoms with Crippen LogP contribution in [0.3, 0.4) is 0 Å². The highest BCUT2D eigenvalue weighted by atomic mass is 16.6. The largest absolute Gasteiger partial charge is 0.480 e. The number of alkyl carbamates (subject to hydrolysis) is 1. The van der Waals surface area contributed by atoms with Crippen LogP contribution in [0.4, 0.5) is 4.79 Å². The molecule has 0 aromatic rings. The van der Waals surface area contributed by atoms with E-state index in [0.29, 0.717) is 30.3 Å². The zero-order valence-electron chi connectivity index (χ0n) is 15.9. The number of aliphatic carboxylic acids is 1. The van der Waals surface area contributed by atoms with Crippen LogP contribution in [0, 0.1) is 11.8 Å². The predicted octanol–water partition coefficient (Wildman–Crippen LogP) is 3.16. The maximum absolute atomic E-state index is 11.8. The fraction of sp³-hybridized carbons (Fsp3) is 0.889. The Balaban J connectivity index is 2.50. The molecular formula is C18H34N2O4. The average Bonchev–Trinajstić information content (AvgIpc) is 2.36. The summed E-state index contributed by atoms with van der Waals surface area (Å²) in [4.78, 5) is 23.3. The lowest BCUT2D eigenvalue weighted by molar-refractivity contribution is -0.140. The lowest BCUT2D eigenvalue weighted by Crippen LogP contribution is -2.46. The Morgan fingerprint density at radius 2 is 1.67 bits per heavy atom. The Morgan fingerprint density at radius 1 is 1.12 bits per heavy atom. The van der Waals surface area contributed by atoms with Gasteiger partial charge >= 0.3 is 12.1 Å². The topological polar surface area (TPSA) is 87.7 Å². The third kappa shape index (κ3) is 7.51. The van der Waals surface area contributed by atoms with Crippen LogP contribution in [0.5, 0.6) is 0 Å². The number of hydrogen-bond donors (Lipinski definition) is 3. The quantitative estimate of drug-likeness (QED) is 0.631. The Kier molecular flexibility index (Phi) is 7.52. The van der Waals surface area contributed by atoms with Crippen LogP contribution < -0.4 is 10.6 Å². The highest BCUT2D eigenvalue weighted by Crippen LogP contribution is 2.40. The molecule has 140 valence electrons. The van der Waals surface area contributed by atoms with Gasteiger partial charge in [0, 0.05) is 12.1 Å². The van der Waals surface area contributed by atoms with Crippen LogP contribution in [0.1, 0.15) is 67.2 Å². The van der Waals surface area contributed by atoms with Crippen molar-refractivity contribution < 1.29 is 19.4 Å². The number of carbonyl (C=O) groups excluding carboxylic acids is 1. The van der Waals surface area contributed by atoms with Crippen molar-refractivity contribution in [2.24, 2.45) is 11.8 Å². The highest BCUT2D eigenvalue weighted by Gasteiger charge is 2.36. The SMILES string of the molecule is CC(C)NC(C)CC1CCC1CC(NC(=O)OC(C)(C)C)C(=O)O. The molecule has 6 nitrogen and oxygen atoms in total. The van der Waals surface area contributed by atoms with Gasteiger partial charge in [0.15, 0.2) is 0 Å². The molecule has 0 heterocycles. The van der Waals surface area contributed by atoms with E-state index in [2.05, 4.69) is 31.4 Å². The molecule has 4 unspecified atom stereocenters. The number of ether oxygens (including phenoxy) is 1. The van der Waals surface area contributed by atoms with Crippen molar-refractivity contribution in [1.29, 1.82) is 0 Å². The Hall–Kier alpha value is -1.30. The fourth-order valence-corrected chi connectivity index (χ4v) is 3.32. The molecule has 4 atom stereocenters. The highest BCUT2D eigenvalue weighted by molar-refractivity contribution is 5.80. The van der Waals surface area contributed by atoms with Crippen molar-refractivity contribution in [2.75, 3.05) is 0 Å². The molecule has 0 aliphatic heterocycles. The van der Waals surface area contributed by atoms with Gasteiger partial charge in [-0.15, -0.1) is 0 Å². The average molecular weight is 342 g/mol. The zero-order valence-corrected chi connectivity index (χ0v) is 15.9. The van der Waals surface area contributed by atoms with Gasteiger partial charge in [-0.2, -0.15) is 0 Å². The van der Waals surface area contributed by atoms with Gasteiger partial charge < -0.3 is 20.5 Å². The third-order valence-corrected chi connectivity index (χ3v) is 4.38. The van der Waals surface area contributed by atoms with Crippen molar-refractivity contribution >= 4 is 12.1 Å². The Bertz CT molecular complexity index is 431. The normalized spacial score (nSPS) is 23.3. The molecule has 0 aromatic heterocycles. The van der Waals surface area contributed by atoms with Crippen LogP contribution in [0.25, 0.3) is 0 Å². The van der Waals surface area contributed by atoms with Crippen LogP contribution in [0.15, 0.2) is 0 Å². The Morgan fingerprint density at radius 3 is 2.08 bits per heavy atom. The number of hydrogen-bond acceptors (Lipinski definition) is 4. The second-order valence-corrected chi connectivity index (χ2v) is 8.33. The summed E-state index contributed by atoms with van der Waals surface area (Å²) in [5, 5.41) is 15.4. The molecular weight excluding hydrogens is 308 g/mol. The van der Waals surface area contributed by atoms with Crippen molar-refractivity contribution in [3.8, 4) is 0 Å². The van der Waals surface area contributed by atoms with Crippen molar-refractivity contribution in [1.82, 2.24) is 10.6 Å². The zero-order chi connectivity index (χ0) is 18.5. The molecule has 0 radical (unpaired) electrons. The van der Waals surface area contributed by atoms with Crippen molar-refractivity contribution in [2.45, 2.75) is 91.0 Å². The summed E-state index contributed by atoms with van der Waals surface area (Å²) in [6.45, 7) is 11.7. The van der Waals surface area contributed by atoms with Gasteiger partial charge in [0.05, 0.1) is 0 Å². The Labute approximate surface area is 145 Å². The smallest absolute Gasteiger partial charge is 0.408 e. The van der Waals surface area contributed by atoms with E-state index in [-0.39, 0.29) is 0 Å². The second kappa shape index (κ2) is 8.70. The summed E-state index contributed by atoms with van der Waals surface area (Å²) in [5.74, 6) is -0.133. The standard InChI is InChI=1S/C18H34N2O4/c1-11(2)19-12(3)9-13-7-8-14(13)10-15(16(21)22)20-17(23)24-18(4,5)6/h11-15,19H,7-10H2,1-6H3,(H,20,23)(H,21,22). The fourth-order valence-electron chi connectivity index (χ4n) is 3.32. The van der Waals surface area contributed by atoms with E-state index < -0.39 is 23.7 Å². The minimum atomic E-state index is -1.00. The molecule has 1 fully saturated rings. The van der Waals surface area contributed by atoms with Gasteiger partial charge in [-0.05, 0) is 65.2 Å². The molecule has 3 N–H and O–H groups in total. The van der Waals surface area contributed by atoms with Crippen molar-refractivity contribution in [3.63, 3.8) is 0 Å². The first-order valence-corrected chi connectivity index (χ1v) is 8.96. The summed E-state index contributed by atoms with van der Waals surface area (Å²) in [7, 11) is 0. The van der Waals surface area contributed by atoms with Crippen LogP contribution in [-0.4, -0.2) is 40.9 Å². The minimum Gasteiger partial charge on any atom is -0.480 e. The molecule has 0 bridgehead atoms. The van der Waals surface area contributed by atoms with Crippen molar-refractivity contribution in [3.05, 3.63) is 0 Å². The summed E-state index contributed by atoms with van der Waals surface area (Å²) in [6, 6.07) is -0.0277. The van der Waals surface area contributed by atoms with E-state index in [9.17, 15) is 14.7 Å². The van der Waals surface area contributed by atoms with Gasteiger partial charge in [-0.3, -0.25) is 0 Å². The van der Waals surface area contributed by atoms with E-state index in [1.807, 2.05) is 0 Å². The summed E-state index contributed by atoms with van der Waals surface area (Å²) in [5.41, 5.74) is -0.635. The number of carbonyl (C=O) groups is 2. The molecule has 0 saturated heterocycles. The molecule has 0 spiro atoms. The number of carboxylic acid groups (broad SMARTS) is 1. The monoisotopic (exact) mass is 342 g/mol. The number of amides is 1. The summed E-state index contributed by atoms with van der Waals surface area (Å²) >= 11 is 0. The molecule has 1 aliphatic carbocycles. The van der Waals surface area contributed by atoms with Crippen LogP contribution in [-0.2, 0) is 9.53 Å². The summed E-state index contributed by atoms with van der Waals surface area (Å²) < 4.78 is 5.16. The molecule has 1 rings (SSSR count). The lowest BCUT2D eigenvalue weighted by Gasteiger charge is -2.40.